The van der Waals surface area contributed by atoms with Gasteiger partial charge < -0.3 is 10.1 Å². The van der Waals surface area contributed by atoms with Gasteiger partial charge in [-0.05, 0) is 72.5 Å². The van der Waals surface area contributed by atoms with Crippen LogP contribution in [0.1, 0.15) is 20.8 Å². The first-order chi connectivity index (χ1) is 16.9. The molecular weight excluding hydrogens is 482 g/mol. The van der Waals surface area contributed by atoms with Crippen molar-refractivity contribution < 1.29 is 14.5 Å². The molecule has 0 saturated carbocycles. The molecule has 7 nitrogen and oxygen atoms in total. The van der Waals surface area contributed by atoms with Crippen LogP contribution in [0.15, 0.2) is 78.2 Å². The highest BCUT2D eigenvalue weighted by molar-refractivity contribution is 7.21. The molecule has 0 spiro atoms. The molecule has 0 saturated heterocycles. The molecule has 0 fully saturated rings. The highest BCUT2D eigenvalue weighted by atomic mass is 32.1. The Kier molecular flexibility index (Phi) is 6.26. The number of aryl methyl sites for hydroxylation is 1. The maximum Gasteiger partial charge on any atom is 0.269 e. The minimum Gasteiger partial charge on any atom is -0.489 e. The van der Waals surface area contributed by atoms with Gasteiger partial charge in [-0.1, -0.05) is 6.07 Å². The van der Waals surface area contributed by atoms with Crippen LogP contribution in [0.4, 0.5) is 11.4 Å². The van der Waals surface area contributed by atoms with Crippen molar-refractivity contribution in [3.8, 4) is 16.3 Å². The van der Waals surface area contributed by atoms with Crippen LogP contribution >= 0.6 is 22.7 Å². The number of nitro groups is 1. The van der Waals surface area contributed by atoms with Gasteiger partial charge in [-0.25, -0.2) is 4.98 Å². The number of amides is 1. The Morgan fingerprint density at radius 3 is 2.57 bits per heavy atom. The maximum atomic E-state index is 12.7. The summed E-state index contributed by atoms with van der Waals surface area (Å²) >= 11 is 2.98. The second-order valence-electron chi connectivity index (χ2n) is 7.88. The second-order valence-corrected chi connectivity index (χ2v) is 9.82. The van der Waals surface area contributed by atoms with E-state index in [1.54, 1.807) is 29.5 Å². The molecule has 174 valence electrons. The van der Waals surface area contributed by atoms with Crippen molar-refractivity contribution in [1.29, 1.82) is 0 Å². The van der Waals surface area contributed by atoms with Crippen molar-refractivity contribution in [2.75, 3.05) is 5.32 Å². The lowest BCUT2D eigenvalue weighted by atomic mass is 10.2. The van der Waals surface area contributed by atoms with Crippen LogP contribution in [0, 0.1) is 17.0 Å². The summed E-state index contributed by atoms with van der Waals surface area (Å²) in [6.07, 6.45) is 0. The zero-order valence-electron chi connectivity index (χ0n) is 18.6. The van der Waals surface area contributed by atoms with Crippen LogP contribution < -0.4 is 10.1 Å². The summed E-state index contributed by atoms with van der Waals surface area (Å²) in [5, 5.41) is 16.5. The number of nitrogens with one attached hydrogen (secondary N) is 1. The van der Waals surface area contributed by atoms with Crippen LogP contribution in [0.2, 0.25) is 0 Å². The van der Waals surface area contributed by atoms with Gasteiger partial charge in [0.2, 0.25) is 0 Å². The summed E-state index contributed by atoms with van der Waals surface area (Å²) in [7, 11) is 0. The number of nitro benzene ring substituents is 1. The molecule has 2 heterocycles. The van der Waals surface area contributed by atoms with E-state index >= 15 is 0 Å². The minimum absolute atomic E-state index is 0.00929. The van der Waals surface area contributed by atoms with Gasteiger partial charge in [0.25, 0.3) is 11.6 Å². The van der Waals surface area contributed by atoms with Crippen LogP contribution in [-0.2, 0) is 6.61 Å². The van der Waals surface area contributed by atoms with Crippen molar-refractivity contribution in [2.24, 2.45) is 0 Å². The lowest BCUT2D eigenvalue weighted by Gasteiger charge is -2.05. The third kappa shape index (κ3) is 5.21. The topological polar surface area (TPSA) is 94.4 Å². The van der Waals surface area contributed by atoms with Crippen molar-refractivity contribution in [1.82, 2.24) is 4.98 Å². The third-order valence-corrected chi connectivity index (χ3v) is 7.31. The number of ether oxygens (including phenoxy) is 1. The first-order valence-corrected chi connectivity index (χ1v) is 12.4. The largest absolute Gasteiger partial charge is 0.489 e. The standard InChI is InChI=1S/C26H19N3O4S2/c1-16-2-11-22-23(12-16)35-26(28-22)18-3-5-19(6-4-18)27-25(30)24-13-17(15-34-24)14-33-21-9-7-20(8-10-21)29(31)32/h2-13,15H,14H2,1H3,(H,27,30). The average molecular weight is 502 g/mol. The van der Waals surface area contributed by atoms with E-state index in [4.69, 9.17) is 9.72 Å². The number of rotatable bonds is 7. The average Bonchev–Trinajstić information content (AvgIpc) is 3.50. The number of carbonyl (C=O) groups excluding carboxylic acids is 1. The fourth-order valence-electron chi connectivity index (χ4n) is 3.45. The number of fused-ring (bicyclic) bond motifs is 1. The van der Waals surface area contributed by atoms with Crippen molar-refractivity contribution in [3.63, 3.8) is 0 Å². The molecule has 2 aromatic heterocycles. The summed E-state index contributed by atoms with van der Waals surface area (Å²) < 4.78 is 6.83. The van der Waals surface area contributed by atoms with Gasteiger partial charge in [0.05, 0.1) is 20.0 Å². The molecule has 0 atom stereocenters. The molecule has 1 N–H and O–H groups in total. The summed E-state index contributed by atoms with van der Waals surface area (Å²) in [5.41, 5.74) is 4.76. The molecule has 0 aliphatic rings. The first-order valence-electron chi connectivity index (χ1n) is 10.7. The molecule has 1 amide bonds. The molecule has 0 radical (unpaired) electrons. The number of hydrogen-bond acceptors (Lipinski definition) is 7. The van der Waals surface area contributed by atoms with Crippen molar-refractivity contribution in [3.05, 3.63) is 104 Å². The number of benzene rings is 3. The number of nitrogens with zero attached hydrogens (tertiary/aromatic N) is 2. The lowest BCUT2D eigenvalue weighted by Crippen LogP contribution is -2.10. The molecule has 0 unspecified atom stereocenters. The fourth-order valence-corrected chi connectivity index (χ4v) is 5.31. The van der Waals surface area contributed by atoms with E-state index in [0.29, 0.717) is 16.3 Å². The van der Waals surface area contributed by atoms with Crippen molar-refractivity contribution >= 4 is 50.2 Å². The molecule has 5 aromatic rings. The molecule has 0 aliphatic heterocycles. The van der Waals surface area contributed by atoms with Gasteiger partial charge in [-0.2, -0.15) is 0 Å². The molecule has 0 bridgehead atoms. The number of carbonyl (C=O) groups is 1. The van der Waals surface area contributed by atoms with Crippen LogP contribution in [-0.4, -0.2) is 15.8 Å². The highest BCUT2D eigenvalue weighted by Gasteiger charge is 2.12. The number of thiazole rings is 1. The Labute approximate surface area is 208 Å². The van der Waals surface area contributed by atoms with E-state index in [9.17, 15) is 14.9 Å². The summed E-state index contributed by atoms with van der Waals surface area (Å²) in [4.78, 5) is 28.3. The Hall–Kier alpha value is -4.08. The molecule has 3 aromatic carbocycles. The molecule has 35 heavy (non-hydrogen) atoms. The molecule has 0 aliphatic carbocycles. The normalized spacial score (nSPS) is 10.9. The van der Waals surface area contributed by atoms with Crippen LogP contribution in [0.5, 0.6) is 5.75 Å². The number of anilines is 1. The van der Waals surface area contributed by atoms with Gasteiger partial charge in [-0.3, -0.25) is 14.9 Å². The quantitative estimate of drug-likeness (QED) is 0.190. The number of aromatic nitrogens is 1. The fraction of sp³-hybridized carbons (Fsp3) is 0.0769. The Morgan fingerprint density at radius 2 is 1.83 bits per heavy atom. The predicted molar refractivity (Wildman–Crippen MR) is 139 cm³/mol. The molecular formula is C26H19N3O4S2. The van der Waals surface area contributed by atoms with Crippen molar-refractivity contribution in [2.45, 2.75) is 13.5 Å². The van der Waals surface area contributed by atoms with Crippen LogP contribution in [0.25, 0.3) is 20.8 Å². The zero-order chi connectivity index (χ0) is 24.4. The van der Waals surface area contributed by atoms with Gasteiger partial charge >= 0.3 is 0 Å². The Bertz CT molecular complexity index is 1520. The van der Waals surface area contributed by atoms with E-state index in [1.165, 1.54) is 29.0 Å². The predicted octanol–water partition coefficient (Wildman–Crippen LogP) is 7.07. The second kappa shape index (κ2) is 9.65. The van der Waals surface area contributed by atoms with Gasteiger partial charge in [-0.15, -0.1) is 22.7 Å². The first kappa shape index (κ1) is 22.7. The van der Waals surface area contributed by atoms with Crippen LogP contribution in [0.3, 0.4) is 0 Å². The minimum atomic E-state index is -0.456. The van der Waals surface area contributed by atoms with Gasteiger partial charge in [0.1, 0.15) is 17.4 Å². The number of thiophene rings is 1. The number of non-ortho nitro benzene ring substituents is 1. The maximum absolute atomic E-state index is 12.7. The SMILES string of the molecule is Cc1ccc2nc(-c3ccc(NC(=O)c4cc(COc5ccc([N+](=O)[O-])cc5)cs4)cc3)sc2c1. The van der Waals surface area contributed by atoms with E-state index in [2.05, 4.69) is 24.4 Å². The lowest BCUT2D eigenvalue weighted by molar-refractivity contribution is -0.384. The van der Waals surface area contributed by atoms with Gasteiger partial charge in [0, 0.05) is 28.9 Å². The highest BCUT2D eigenvalue weighted by Crippen LogP contribution is 2.31. The number of hydrogen-bond donors (Lipinski definition) is 1. The van der Waals surface area contributed by atoms with Gasteiger partial charge in [0.15, 0.2) is 0 Å². The van der Waals surface area contributed by atoms with E-state index in [0.717, 1.165) is 26.4 Å². The zero-order valence-corrected chi connectivity index (χ0v) is 20.2. The molecule has 5 rings (SSSR count). The summed E-state index contributed by atoms with van der Waals surface area (Å²) in [5.74, 6) is 0.330. The van der Waals surface area contributed by atoms with E-state index in [-0.39, 0.29) is 18.2 Å². The molecule has 9 heteroatoms. The Morgan fingerprint density at radius 1 is 1.06 bits per heavy atom. The van der Waals surface area contributed by atoms with E-state index < -0.39 is 4.92 Å². The monoisotopic (exact) mass is 501 g/mol. The summed E-state index contributed by atoms with van der Waals surface area (Å²) in [6.45, 7) is 2.33. The van der Waals surface area contributed by atoms with E-state index in [1.807, 2.05) is 35.7 Å². The summed E-state index contributed by atoms with van der Waals surface area (Å²) in [6, 6.07) is 21.6. The third-order valence-electron chi connectivity index (χ3n) is 5.26. The Balaban J connectivity index is 1.20. The smallest absolute Gasteiger partial charge is 0.269 e.